The summed E-state index contributed by atoms with van der Waals surface area (Å²) in [5, 5.41) is 12.4. The highest BCUT2D eigenvalue weighted by atomic mass is 16.6. The van der Waals surface area contributed by atoms with Crippen molar-refractivity contribution < 1.29 is 9.66 Å². The Morgan fingerprint density at radius 3 is 2.82 bits per heavy atom. The first-order valence-electron chi connectivity index (χ1n) is 5.03. The largest absolute Gasteiger partial charge is 0.379 e. The van der Waals surface area contributed by atoms with E-state index in [4.69, 9.17) is 10.5 Å². The second-order valence-electron chi connectivity index (χ2n) is 3.43. The first-order chi connectivity index (χ1) is 8.16. The van der Waals surface area contributed by atoms with Crippen LogP contribution in [0.3, 0.4) is 0 Å². The number of nitrogens with zero attached hydrogens (tertiary/aromatic N) is 4. The summed E-state index contributed by atoms with van der Waals surface area (Å²) in [5.74, 6) is 0.0933. The molecule has 2 rings (SSSR count). The lowest BCUT2D eigenvalue weighted by Gasteiger charge is -2.26. The smallest absolute Gasteiger partial charge is 0.329 e. The van der Waals surface area contributed by atoms with Crippen molar-refractivity contribution in [3.8, 4) is 0 Å². The van der Waals surface area contributed by atoms with Gasteiger partial charge in [0.2, 0.25) is 11.8 Å². The van der Waals surface area contributed by atoms with Gasteiger partial charge in [-0.15, -0.1) is 0 Å². The SMILES string of the molecule is Nc1nc(NN2CCOCC2)ncc1[N+](=O)[O-]. The molecule has 92 valence electrons. The molecule has 0 atom stereocenters. The number of ether oxygens (including phenoxy) is 1. The summed E-state index contributed by atoms with van der Waals surface area (Å²) in [6, 6.07) is 0. The summed E-state index contributed by atoms with van der Waals surface area (Å²) in [6.45, 7) is 2.63. The van der Waals surface area contributed by atoms with E-state index in [1.807, 2.05) is 5.01 Å². The van der Waals surface area contributed by atoms with Crippen molar-refractivity contribution in [1.29, 1.82) is 0 Å². The van der Waals surface area contributed by atoms with Crippen LogP contribution in [0.15, 0.2) is 6.20 Å². The fraction of sp³-hybridized carbons (Fsp3) is 0.500. The second kappa shape index (κ2) is 4.89. The van der Waals surface area contributed by atoms with Gasteiger partial charge in [0.1, 0.15) is 6.20 Å². The number of nitro groups is 1. The molecular weight excluding hydrogens is 228 g/mol. The third-order valence-electron chi connectivity index (χ3n) is 2.26. The molecule has 0 aromatic carbocycles. The van der Waals surface area contributed by atoms with E-state index in [1.54, 1.807) is 0 Å². The maximum atomic E-state index is 10.5. The summed E-state index contributed by atoms with van der Waals surface area (Å²) < 4.78 is 5.18. The molecule has 0 aliphatic carbocycles. The van der Waals surface area contributed by atoms with E-state index in [1.165, 1.54) is 0 Å². The molecule has 1 fully saturated rings. The van der Waals surface area contributed by atoms with Crippen LogP contribution in [0.1, 0.15) is 0 Å². The Kier molecular flexibility index (Phi) is 3.30. The Hall–Kier alpha value is -2.00. The molecule has 0 amide bonds. The molecule has 0 unspecified atom stereocenters. The van der Waals surface area contributed by atoms with Gasteiger partial charge in [0.15, 0.2) is 0 Å². The number of aromatic nitrogens is 2. The Bertz CT molecular complexity index is 420. The Morgan fingerprint density at radius 2 is 2.24 bits per heavy atom. The highest BCUT2D eigenvalue weighted by Gasteiger charge is 2.16. The predicted octanol–water partition coefficient (Wildman–Crippen LogP) is -0.374. The molecule has 0 radical (unpaired) electrons. The molecule has 0 spiro atoms. The van der Waals surface area contributed by atoms with E-state index in [0.717, 1.165) is 6.20 Å². The first kappa shape index (κ1) is 11.5. The number of hydrogen-bond donors (Lipinski definition) is 2. The highest BCUT2D eigenvalue weighted by Crippen LogP contribution is 2.18. The van der Waals surface area contributed by atoms with E-state index in [-0.39, 0.29) is 17.5 Å². The molecule has 1 aliphatic rings. The van der Waals surface area contributed by atoms with Crippen molar-refractivity contribution in [2.24, 2.45) is 0 Å². The number of anilines is 2. The monoisotopic (exact) mass is 240 g/mol. The number of rotatable bonds is 3. The topological polar surface area (TPSA) is 119 Å². The number of morpholine rings is 1. The first-order valence-corrected chi connectivity index (χ1v) is 5.03. The number of nitrogen functional groups attached to an aromatic ring is 1. The van der Waals surface area contributed by atoms with Crippen LogP contribution in [0, 0.1) is 10.1 Å². The van der Waals surface area contributed by atoms with E-state index in [9.17, 15) is 10.1 Å². The zero-order valence-electron chi connectivity index (χ0n) is 9.00. The van der Waals surface area contributed by atoms with Gasteiger partial charge in [0.05, 0.1) is 18.1 Å². The molecule has 1 aromatic rings. The van der Waals surface area contributed by atoms with Crippen molar-refractivity contribution in [3.05, 3.63) is 16.3 Å². The lowest BCUT2D eigenvalue weighted by atomic mass is 10.5. The van der Waals surface area contributed by atoms with Crippen LogP contribution in [-0.4, -0.2) is 46.2 Å². The van der Waals surface area contributed by atoms with Crippen molar-refractivity contribution in [3.63, 3.8) is 0 Å². The number of nitrogens with two attached hydrogens (primary N) is 1. The van der Waals surface area contributed by atoms with E-state index in [0.29, 0.717) is 26.3 Å². The number of hydrogen-bond acceptors (Lipinski definition) is 8. The van der Waals surface area contributed by atoms with Gasteiger partial charge in [-0.05, 0) is 0 Å². The lowest BCUT2D eigenvalue weighted by molar-refractivity contribution is -0.384. The average Bonchev–Trinajstić information content (AvgIpc) is 2.30. The summed E-state index contributed by atoms with van der Waals surface area (Å²) in [6.07, 6.45) is 1.09. The van der Waals surface area contributed by atoms with Crippen molar-refractivity contribution in [1.82, 2.24) is 15.0 Å². The van der Waals surface area contributed by atoms with Gasteiger partial charge in [-0.25, -0.2) is 9.99 Å². The predicted molar refractivity (Wildman–Crippen MR) is 59.1 cm³/mol. The number of nitrogens with one attached hydrogen (secondary N) is 1. The molecule has 9 heteroatoms. The fourth-order valence-corrected chi connectivity index (χ4v) is 1.40. The van der Waals surface area contributed by atoms with Crippen molar-refractivity contribution in [2.75, 3.05) is 37.5 Å². The quantitative estimate of drug-likeness (QED) is 0.542. The minimum Gasteiger partial charge on any atom is -0.379 e. The Balaban J connectivity index is 2.06. The standard InChI is InChI=1S/C8H12N6O3/c9-7-6(14(15)16)5-10-8(11-7)12-13-1-3-17-4-2-13/h5H,1-4H2,(H3,9,10,11,12). The zero-order chi connectivity index (χ0) is 12.3. The van der Waals surface area contributed by atoms with Crippen LogP contribution in [0.5, 0.6) is 0 Å². The molecule has 1 aliphatic heterocycles. The number of hydrazine groups is 1. The molecule has 1 saturated heterocycles. The van der Waals surface area contributed by atoms with Crippen molar-refractivity contribution in [2.45, 2.75) is 0 Å². The van der Waals surface area contributed by atoms with Crippen LogP contribution in [0.2, 0.25) is 0 Å². The van der Waals surface area contributed by atoms with E-state index < -0.39 is 4.92 Å². The third kappa shape index (κ3) is 2.77. The minimum atomic E-state index is -0.617. The minimum absolute atomic E-state index is 0.152. The van der Waals surface area contributed by atoms with Crippen LogP contribution in [0.25, 0.3) is 0 Å². The van der Waals surface area contributed by atoms with Gasteiger partial charge in [0.25, 0.3) is 0 Å². The van der Waals surface area contributed by atoms with Crippen LogP contribution in [-0.2, 0) is 4.74 Å². The lowest BCUT2D eigenvalue weighted by Crippen LogP contribution is -2.40. The summed E-state index contributed by atoms with van der Waals surface area (Å²) in [7, 11) is 0. The fourth-order valence-electron chi connectivity index (χ4n) is 1.40. The van der Waals surface area contributed by atoms with Crippen molar-refractivity contribution >= 4 is 17.5 Å². The summed E-state index contributed by atoms with van der Waals surface area (Å²) in [4.78, 5) is 17.6. The van der Waals surface area contributed by atoms with Crippen LogP contribution >= 0.6 is 0 Å². The molecule has 2 heterocycles. The molecule has 3 N–H and O–H groups in total. The van der Waals surface area contributed by atoms with Gasteiger partial charge in [0, 0.05) is 13.1 Å². The Morgan fingerprint density at radius 1 is 1.53 bits per heavy atom. The third-order valence-corrected chi connectivity index (χ3v) is 2.26. The molecule has 1 aromatic heterocycles. The van der Waals surface area contributed by atoms with Gasteiger partial charge in [-0.1, -0.05) is 0 Å². The van der Waals surface area contributed by atoms with Gasteiger partial charge in [-0.2, -0.15) is 4.98 Å². The van der Waals surface area contributed by atoms with E-state index >= 15 is 0 Å². The van der Waals surface area contributed by atoms with Gasteiger partial charge < -0.3 is 10.5 Å². The molecule has 0 bridgehead atoms. The molecule has 0 saturated carbocycles. The van der Waals surface area contributed by atoms with E-state index in [2.05, 4.69) is 15.4 Å². The van der Waals surface area contributed by atoms with Crippen LogP contribution in [0.4, 0.5) is 17.5 Å². The van der Waals surface area contributed by atoms with Crippen LogP contribution < -0.4 is 11.2 Å². The van der Waals surface area contributed by atoms with Gasteiger partial charge >= 0.3 is 5.69 Å². The average molecular weight is 240 g/mol. The Labute approximate surface area is 96.7 Å². The summed E-state index contributed by atoms with van der Waals surface area (Å²) >= 11 is 0. The second-order valence-corrected chi connectivity index (χ2v) is 3.43. The maximum absolute atomic E-state index is 10.5. The maximum Gasteiger partial charge on any atom is 0.329 e. The highest BCUT2D eigenvalue weighted by molar-refractivity contribution is 5.52. The van der Waals surface area contributed by atoms with Gasteiger partial charge in [-0.3, -0.25) is 15.5 Å². The molecule has 9 nitrogen and oxygen atoms in total. The zero-order valence-corrected chi connectivity index (χ0v) is 9.00. The molecule has 17 heavy (non-hydrogen) atoms. The molecular formula is C8H12N6O3. The normalized spacial score (nSPS) is 16.7. The summed E-state index contributed by atoms with van der Waals surface area (Å²) in [5.41, 5.74) is 8.07.